The zero-order chi connectivity index (χ0) is 25.8. The molecule has 4 rings (SSSR count). The largest absolute Gasteiger partial charge is 0.478 e. The van der Waals surface area contributed by atoms with Gasteiger partial charge >= 0.3 is 5.97 Å². The molecule has 1 atom stereocenters. The van der Waals surface area contributed by atoms with Gasteiger partial charge in [-0.2, -0.15) is 0 Å². The molecular weight excluding hydrogens is 493 g/mol. The molecule has 5 nitrogen and oxygen atoms in total. The molecule has 3 aromatic carbocycles. The highest BCUT2D eigenvalue weighted by atomic mass is 32.2. The van der Waals surface area contributed by atoms with E-state index in [9.17, 15) is 9.90 Å². The van der Waals surface area contributed by atoms with Gasteiger partial charge in [0, 0.05) is 35.1 Å². The van der Waals surface area contributed by atoms with Crippen LogP contribution in [0.4, 0.5) is 27.1 Å². The first-order chi connectivity index (χ1) is 17.3. The molecule has 1 aliphatic rings. The molecule has 8 heteroatoms. The Hall–Kier alpha value is -2.68. The number of hydrogen-bond acceptors (Lipinski definition) is 6. The van der Waals surface area contributed by atoms with Gasteiger partial charge < -0.3 is 14.9 Å². The zero-order valence-electron chi connectivity index (χ0n) is 21.1. The average Bonchev–Trinajstić information content (AvgIpc) is 3.02. The van der Waals surface area contributed by atoms with Crippen molar-refractivity contribution >= 4 is 52.4 Å². The molecule has 0 spiro atoms. The van der Waals surface area contributed by atoms with Crippen LogP contribution in [0.5, 0.6) is 0 Å². The van der Waals surface area contributed by atoms with Crippen LogP contribution in [0.3, 0.4) is 0 Å². The molecule has 0 bridgehead atoms. The zero-order valence-corrected chi connectivity index (χ0v) is 22.7. The van der Waals surface area contributed by atoms with Crippen molar-refractivity contribution < 1.29 is 14.3 Å². The summed E-state index contributed by atoms with van der Waals surface area (Å²) in [6, 6.07) is 19.6. The number of unbranched alkanes of at least 4 members (excludes halogenated alkanes) is 1. The summed E-state index contributed by atoms with van der Waals surface area (Å²) in [4.78, 5) is 17.7. The molecule has 1 unspecified atom stereocenters. The maximum Gasteiger partial charge on any atom is 0.338 e. The van der Waals surface area contributed by atoms with E-state index >= 15 is 4.39 Å². The molecule has 1 heterocycles. The Labute approximate surface area is 221 Å². The molecular formula is C28H32FN3O2S2. The minimum absolute atomic E-state index is 0.234. The van der Waals surface area contributed by atoms with Gasteiger partial charge in [0.05, 0.1) is 22.6 Å². The van der Waals surface area contributed by atoms with Crippen LogP contribution in [0.1, 0.15) is 36.5 Å². The van der Waals surface area contributed by atoms with Gasteiger partial charge in [0.25, 0.3) is 0 Å². The first-order valence-corrected chi connectivity index (χ1v) is 14.1. The number of hydrogen-bond donors (Lipinski definition) is 1. The Morgan fingerprint density at radius 2 is 1.92 bits per heavy atom. The molecule has 1 aliphatic heterocycles. The molecule has 0 saturated carbocycles. The van der Waals surface area contributed by atoms with Gasteiger partial charge in [-0.1, -0.05) is 44.0 Å². The van der Waals surface area contributed by atoms with E-state index in [1.807, 2.05) is 12.3 Å². The van der Waals surface area contributed by atoms with Crippen LogP contribution < -0.4 is 9.80 Å². The van der Waals surface area contributed by atoms with Crippen molar-refractivity contribution in [2.75, 3.05) is 36.7 Å². The molecule has 0 fully saturated rings. The van der Waals surface area contributed by atoms with E-state index in [0.717, 1.165) is 52.7 Å². The molecule has 0 aliphatic carbocycles. The van der Waals surface area contributed by atoms with Gasteiger partial charge in [-0.3, -0.25) is 0 Å². The number of carbonyl (C=O) groups is 1. The van der Waals surface area contributed by atoms with E-state index in [-0.39, 0.29) is 11.3 Å². The predicted molar refractivity (Wildman–Crippen MR) is 150 cm³/mol. The van der Waals surface area contributed by atoms with Crippen LogP contribution in [-0.2, 0) is 0 Å². The highest BCUT2D eigenvalue weighted by molar-refractivity contribution is 7.98. The molecule has 0 aromatic heterocycles. The third-order valence-corrected chi connectivity index (χ3v) is 8.47. The predicted octanol–water partition coefficient (Wildman–Crippen LogP) is 7.66. The minimum atomic E-state index is -1.27. The summed E-state index contributed by atoms with van der Waals surface area (Å²) in [5.41, 5.74) is 3.01. The average molecular weight is 526 g/mol. The first kappa shape index (κ1) is 26.4. The molecule has 1 N–H and O–H groups in total. The second-order valence-electron chi connectivity index (χ2n) is 8.87. The number of benzene rings is 3. The van der Waals surface area contributed by atoms with Crippen molar-refractivity contribution in [3.63, 3.8) is 0 Å². The smallest absolute Gasteiger partial charge is 0.338 e. The number of nitrogens with zero attached hydrogens (tertiary/aromatic N) is 3. The van der Waals surface area contributed by atoms with Crippen LogP contribution in [0, 0.1) is 5.82 Å². The minimum Gasteiger partial charge on any atom is -0.478 e. The maximum atomic E-state index is 15.2. The van der Waals surface area contributed by atoms with Gasteiger partial charge in [0.15, 0.2) is 5.82 Å². The molecule has 0 amide bonds. The van der Waals surface area contributed by atoms with Crippen molar-refractivity contribution in [1.82, 2.24) is 4.31 Å². The fraction of sp³-hybridized carbons (Fsp3) is 0.321. The van der Waals surface area contributed by atoms with Gasteiger partial charge in [0.1, 0.15) is 0 Å². The lowest BCUT2D eigenvalue weighted by Gasteiger charge is -2.30. The number of aromatic carboxylic acids is 1. The lowest BCUT2D eigenvalue weighted by atomic mass is 10.1. The summed E-state index contributed by atoms with van der Waals surface area (Å²) >= 11 is 3.31. The number of likely N-dealkylation sites (N-methyl/N-ethyl adjacent to an activating group) is 1. The fourth-order valence-electron chi connectivity index (χ4n) is 4.54. The van der Waals surface area contributed by atoms with Gasteiger partial charge in [-0.25, -0.2) is 13.5 Å². The van der Waals surface area contributed by atoms with Gasteiger partial charge in [-0.05, 0) is 68.1 Å². The quantitative estimate of drug-likeness (QED) is 0.239. The Balaban J connectivity index is 1.83. The summed E-state index contributed by atoms with van der Waals surface area (Å²) in [6.07, 6.45) is 5.43. The second kappa shape index (κ2) is 11.6. The first-order valence-electron chi connectivity index (χ1n) is 12.1. The van der Waals surface area contributed by atoms with Crippen LogP contribution in [0.25, 0.3) is 0 Å². The number of carboxylic acids is 1. The Kier molecular flexibility index (Phi) is 8.49. The molecule has 3 aromatic rings. The Morgan fingerprint density at radius 3 is 2.58 bits per heavy atom. The molecule has 36 heavy (non-hydrogen) atoms. The molecule has 0 radical (unpaired) electrons. The summed E-state index contributed by atoms with van der Waals surface area (Å²) in [5.74, 6) is -2.01. The fourth-order valence-corrected chi connectivity index (χ4v) is 6.23. The third-order valence-electron chi connectivity index (χ3n) is 6.59. The topological polar surface area (TPSA) is 47.0 Å². The van der Waals surface area contributed by atoms with Crippen LogP contribution >= 0.6 is 23.7 Å². The number of fused-ring (bicyclic) bond motifs is 1. The van der Waals surface area contributed by atoms with Crippen LogP contribution in [0.2, 0.25) is 0 Å². The second-order valence-corrected chi connectivity index (χ2v) is 10.9. The van der Waals surface area contributed by atoms with Crippen LogP contribution in [-0.4, -0.2) is 48.3 Å². The van der Waals surface area contributed by atoms with E-state index in [2.05, 4.69) is 59.6 Å². The van der Waals surface area contributed by atoms with E-state index in [0.29, 0.717) is 6.04 Å². The lowest BCUT2D eigenvalue weighted by Crippen LogP contribution is -2.35. The summed E-state index contributed by atoms with van der Waals surface area (Å²) in [6.45, 7) is 3.09. The summed E-state index contributed by atoms with van der Waals surface area (Å²) in [5, 5.41) is 9.41. The van der Waals surface area contributed by atoms with E-state index in [4.69, 9.17) is 0 Å². The van der Waals surface area contributed by atoms with E-state index in [1.165, 1.54) is 6.07 Å². The standard InChI is InChI=1S/C28H32FN3O2S2/c1-5-6-11-20-18-32(19-12-8-7-9-13-19)24-17-25(35-4)23(16-26(24)36-31(20)3)30(2)22-15-10-14-21(27(22)29)28(33)34/h7-10,12-17,20H,5-6,11,18H2,1-4H3,(H,33,34). The summed E-state index contributed by atoms with van der Waals surface area (Å²) in [7, 11) is 3.93. The number of halogens is 1. The van der Waals surface area contributed by atoms with Crippen molar-refractivity contribution in [2.45, 2.75) is 42.0 Å². The van der Waals surface area contributed by atoms with Gasteiger partial charge in [0.2, 0.25) is 0 Å². The maximum absolute atomic E-state index is 15.2. The normalized spacial score (nSPS) is 15.9. The van der Waals surface area contributed by atoms with Crippen molar-refractivity contribution in [3.05, 3.63) is 72.0 Å². The van der Waals surface area contributed by atoms with Crippen LogP contribution in [0.15, 0.2) is 70.5 Å². The molecule has 190 valence electrons. The highest BCUT2D eigenvalue weighted by Gasteiger charge is 2.29. The van der Waals surface area contributed by atoms with Crippen molar-refractivity contribution in [2.24, 2.45) is 0 Å². The monoisotopic (exact) mass is 525 g/mol. The number of thioether (sulfide) groups is 1. The SMILES string of the molecule is CCCCC1CN(c2ccccc2)c2cc(SC)c(N(C)c3cccc(C(=O)O)c3F)cc2SN1C. The number of anilines is 4. The van der Waals surface area contributed by atoms with Crippen molar-refractivity contribution in [1.29, 1.82) is 0 Å². The summed E-state index contributed by atoms with van der Waals surface area (Å²) < 4.78 is 17.5. The van der Waals surface area contributed by atoms with E-state index < -0.39 is 11.8 Å². The molecule has 0 saturated heterocycles. The number of para-hydroxylation sites is 1. The third kappa shape index (κ3) is 5.36. The number of carboxylic acid groups (broad SMARTS) is 1. The highest BCUT2D eigenvalue weighted by Crippen LogP contribution is 2.47. The Morgan fingerprint density at radius 1 is 1.17 bits per heavy atom. The number of rotatable bonds is 8. The van der Waals surface area contributed by atoms with E-state index in [1.54, 1.807) is 47.8 Å². The van der Waals surface area contributed by atoms with Gasteiger partial charge in [-0.15, -0.1) is 11.8 Å². The van der Waals surface area contributed by atoms with Crippen molar-refractivity contribution in [3.8, 4) is 0 Å². The Bertz CT molecular complexity index is 1220. The lowest BCUT2D eigenvalue weighted by molar-refractivity contribution is 0.0692.